The van der Waals surface area contributed by atoms with E-state index >= 15 is 0 Å². The Bertz CT molecular complexity index is 639. The van der Waals surface area contributed by atoms with Crippen molar-refractivity contribution in [2.45, 2.75) is 45.6 Å². The van der Waals surface area contributed by atoms with Crippen molar-refractivity contribution in [3.8, 4) is 0 Å². The molecule has 2 amide bonds. The molecule has 0 saturated heterocycles. The van der Waals surface area contributed by atoms with E-state index in [0.717, 1.165) is 25.7 Å². The molecular weight excluding hydrogens is 336 g/mol. The van der Waals surface area contributed by atoms with Gasteiger partial charge in [-0.25, -0.2) is 9.59 Å². The zero-order chi connectivity index (χ0) is 18.9. The number of carbonyl (C=O) groups excluding carboxylic acids is 3. The quantitative estimate of drug-likeness (QED) is 0.759. The first-order valence-corrected chi connectivity index (χ1v) is 8.98. The molecule has 7 nitrogen and oxygen atoms in total. The van der Waals surface area contributed by atoms with E-state index in [1.54, 1.807) is 25.1 Å². The average Bonchev–Trinajstić information content (AvgIpc) is 2.62. The molecular formula is C19H26N2O5. The Morgan fingerprint density at radius 2 is 1.85 bits per heavy atom. The number of esters is 1. The fourth-order valence-electron chi connectivity index (χ4n) is 2.90. The highest BCUT2D eigenvalue weighted by molar-refractivity contribution is 5.93. The lowest BCUT2D eigenvalue weighted by molar-refractivity contribution is -0.125. The zero-order valence-electron chi connectivity index (χ0n) is 15.2. The highest BCUT2D eigenvalue weighted by atomic mass is 16.5. The standard InChI is InChI=1S/C19H26N2O5/c1-3-25-19(24)21-16-6-4-5-14(11-16)18(23)26-12-17(22)20-15-9-7-13(2)8-10-15/h4-6,11,13,15H,3,7-10,12H2,1-2H3,(H,20,22)(H,21,24). The molecule has 7 heteroatoms. The van der Waals surface area contributed by atoms with E-state index in [9.17, 15) is 14.4 Å². The predicted molar refractivity (Wildman–Crippen MR) is 96.9 cm³/mol. The molecule has 1 aliphatic carbocycles. The second kappa shape index (κ2) is 9.79. The van der Waals surface area contributed by atoms with Crippen molar-refractivity contribution in [3.63, 3.8) is 0 Å². The minimum absolute atomic E-state index is 0.162. The summed E-state index contributed by atoms with van der Waals surface area (Å²) < 4.78 is 9.85. The van der Waals surface area contributed by atoms with E-state index in [4.69, 9.17) is 9.47 Å². The summed E-state index contributed by atoms with van der Waals surface area (Å²) in [5.41, 5.74) is 0.664. The number of rotatable bonds is 6. The van der Waals surface area contributed by atoms with Gasteiger partial charge in [0.1, 0.15) is 0 Å². The monoisotopic (exact) mass is 362 g/mol. The van der Waals surface area contributed by atoms with Gasteiger partial charge >= 0.3 is 12.1 Å². The molecule has 0 atom stereocenters. The maximum absolute atomic E-state index is 12.1. The lowest BCUT2D eigenvalue weighted by Crippen LogP contribution is -2.39. The molecule has 1 saturated carbocycles. The fourth-order valence-corrected chi connectivity index (χ4v) is 2.90. The first-order valence-electron chi connectivity index (χ1n) is 8.98. The summed E-state index contributed by atoms with van der Waals surface area (Å²) in [4.78, 5) is 35.5. The van der Waals surface area contributed by atoms with Crippen molar-refractivity contribution < 1.29 is 23.9 Å². The minimum Gasteiger partial charge on any atom is -0.452 e. The Morgan fingerprint density at radius 3 is 2.54 bits per heavy atom. The van der Waals surface area contributed by atoms with E-state index in [0.29, 0.717) is 11.6 Å². The summed E-state index contributed by atoms with van der Waals surface area (Å²) in [6.45, 7) is 3.85. The Morgan fingerprint density at radius 1 is 1.12 bits per heavy atom. The van der Waals surface area contributed by atoms with Crippen LogP contribution in [-0.4, -0.2) is 37.2 Å². The molecule has 0 aliphatic heterocycles. The first-order chi connectivity index (χ1) is 12.5. The van der Waals surface area contributed by atoms with E-state index in [-0.39, 0.29) is 30.7 Å². The molecule has 1 aromatic rings. The van der Waals surface area contributed by atoms with Crippen LogP contribution in [0.2, 0.25) is 0 Å². The third kappa shape index (κ3) is 6.38. The van der Waals surface area contributed by atoms with Gasteiger partial charge < -0.3 is 14.8 Å². The normalized spacial score (nSPS) is 19.3. The Balaban J connectivity index is 1.80. The first kappa shape index (κ1) is 19.8. The van der Waals surface area contributed by atoms with Crippen molar-refractivity contribution in [3.05, 3.63) is 29.8 Å². The number of hydrogen-bond donors (Lipinski definition) is 2. The molecule has 1 aliphatic rings. The molecule has 0 bridgehead atoms. The third-order valence-electron chi connectivity index (χ3n) is 4.34. The van der Waals surface area contributed by atoms with Gasteiger partial charge in [-0.05, 0) is 56.7 Å². The predicted octanol–water partition coefficient (Wildman–Crippen LogP) is 3.11. The summed E-state index contributed by atoms with van der Waals surface area (Å²) in [6.07, 6.45) is 3.53. The van der Waals surface area contributed by atoms with Gasteiger partial charge in [-0.3, -0.25) is 10.1 Å². The maximum Gasteiger partial charge on any atom is 0.411 e. The van der Waals surface area contributed by atoms with Crippen LogP contribution in [-0.2, 0) is 14.3 Å². The molecule has 0 heterocycles. The highest BCUT2D eigenvalue weighted by Crippen LogP contribution is 2.23. The molecule has 1 aromatic carbocycles. The fraction of sp³-hybridized carbons (Fsp3) is 0.526. The van der Waals surface area contributed by atoms with Crippen LogP contribution in [0.4, 0.5) is 10.5 Å². The van der Waals surface area contributed by atoms with Crippen LogP contribution >= 0.6 is 0 Å². The average molecular weight is 362 g/mol. The van der Waals surface area contributed by atoms with Gasteiger partial charge in [0.25, 0.3) is 5.91 Å². The molecule has 2 rings (SSSR count). The molecule has 0 aromatic heterocycles. The van der Waals surface area contributed by atoms with E-state index in [1.807, 2.05) is 0 Å². The van der Waals surface area contributed by atoms with Gasteiger partial charge in [0.05, 0.1) is 12.2 Å². The van der Waals surface area contributed by atoms with E-state index in [2.05, 4.69) is 17.6 Å². The van der Waals surface area contributed by atoms with Gasteiger partial charge in [0, 0.05) is 11.7 Å². The van der Waals surface area contributed by atoms with Crippen molar-refractivity contribution >= 4 is 23.7 Å². The molecule has 2 N–H and O–H groups in total. The molecule has 1 fully saturated rings. The van der Waals surface area contributed by atoms with Crippen molar-refractivity contribution in [1.29, 1.82) is 0 Å². The van der Waals surface area contributed by atoms with Crippen LogP contribution in [0.3, 0.4) is 0 Å². The molecule has 142 valence electrons. The van der Waals surface area contributed by atoms with Crippen LogP contribution in [0.25, 0.3) is 0 Å². The number of amides is 2. The summed E-state index contributed by atoms with van der Waals surface area (Å²) >= 11 is 0. The minimum atomic E-state index is -0.620. The van der Waals surface area contributed by atoms with Crippen LogP contribution in [0, 0.1) is 5.92 Å². The number of ether oxygens (including phenoxy) is 2. The lowest BCUT2D eigenvalue weighted by Gasteiger charge is -2.26. The second-order valence-corrected chi connectivity index (χ2v) is 6.53. The molecule has 26 heavy (non-hydrogen) atoms. The number of benzene rings is 1. The zero-order valence-corrected chi connectivity index (χ0v) is 15.2. The highest BCUT2D eigenvalue weighted by Gasteiger charge is 2.20. The van der Waals surface area contributed by atoms with E-state index < -0.39 is 12.1 Å². The Hall–Kier alpha value is -2.57. The van der Waals surface area contributed by atoms with Gasteiger partial charge in [-0.2, -0.15) is 0 Å². The molecule has 0 radical (unpaired) electrons. The number of hydrogen-bond acceptors (Lipinski definition) is 5. The summed E-state index contributed by atoms with van der Waals surface area (Å²) in [7, 11) is 0. The van der Waals surface area contributed by atoms with Gasteiger partial charge in [-0.15, -0.1) is 0 Å². The number of carbonyl (C=O) groups is 3. The largest absolute Gasteiger partial charge is 0.452 e. The summed E-state index contributed by atoms with van der Waals surface area (Å²) in [6, 6.07) is 6.43. The van der Waals surface area contributed by atoms with Crippen LogP contribution in [0.1, 0.15) is 49.9 Å². The number of anilines is 1. The lowest BCUT2D eigenvalue weighted by atomic mass is 9.87. The smallest absolute Gasteiger partial charge is 0.411 e. The van der Waals surface area contributed by atoms with E-state index in [1.165, 1.54) is 6.07 Å². The van der Waals surface area contributed by atoms with Crippen molar-refractivity contribution in [1.82, 2.24) is 5.32 Å². The topological polar surface area (TPSA) is 93.7 Å². The Kier molecular flexibility index (Phi) is 7.44. The van der Waals surface area contributed by atoms with Crippen LogP contribution < -0.4 is 10.6 Å². The Labute approximate surface area is 153 Å². The van der Waals surface area contributed by atoms with Crippen LogP contribution in [0.5, 0.6) is 0 Å². The van der Waals surface area contributed by atoms with Gasteiger partial charge in [-0.1, -0.05) is 13.0 Å². The third-order valence-corrected chi connectivity index (χ3v) is 4.34. The second-order valence-electron chi connectivity index (χ2n) is 6.53. The maximum atomic E-state index is 12.1. The van der Waals surface area contributed by atoms with Gasteiger partial charge in [0.15, 0.2) is 6.61 Å². The molecule has 0 unspecified atom stereocenters. The molecule has 0 spiro atoms. The summed E-state index contributed by atoms with van der Waals surface area (Å²) in [5.74, 6) is -0.208. The summed E-state index contributed by atoms with van der Waals surface area (Å²) in [5, 5.41) is 5.42. The van der Waals surface area contributed by atoms with Crippen LogP contribution in [0.15, 0.2) is 24.3 Å². The van der Waals surface area contributed by atoms with Crippen molar-refractivity contribution in [2.75, 3.05) is 18.5 Å². The van der Waals surface area contributed by atoms with Crippen molar-refractivity contribution in [2.24, 2.45) is 5.92 Å². The number of nitrogens with one attached hydrogen (secondary N) is 2. The van der Waals surface area contributed by atoms with Gasteiger partial charge in [0.2, 0.25) is 0 Å². The SMILES string of the molecule is CCOC(=O)Nc1cccc(C(=O)OCC(=O)NC2CCC(C)CC2)c1.